The van der Waals surface area contributed by atoms with E-state index in [1.165, 1.54) is 17.4 Å². The number of nitrogens with zero attached hydrogens (tertiary/aromatic N) is 2. The number of carbonyl (C=O) groups excluding carboxylic acids is 1. The molecule has 5 rings (SSSR count). The van der Waals surface area contributed by atoms with E-state index in [2.05, 4.69) is 10.3 Å². The number of nitrogens with one attached hydrogen (secondary N) is 1. The topological polar surface area (TPSA) is 63.7 Å². The number of carbonyl (C=O) groups is 1. The fourth-order valence-electron chi connectivity index (χ4n) is 4.82. The van der Waals surface area contributed by atoms with Crippen LogP contribution in [0, 0.1) is 23.6 Å². The van der Waals surface area contributed by atoms with Crippen molar-refractivity contribution in [3.05, 3.63) is 40.5 Å². The summed E-state index contributed by atoms with van der Waals surface area (Å²) in [5.41, 5.74) is 2.47. The summed E-state index contributed by atoms with van der Waals surface area (Å²) < 4.78 is 25.7. The lowest BCUT2D eigenvalue weighted by molar-refractivity contribution is 0.143. The number of aromatic nitrogens is 1. The molecule has 0 spiro atoms. The first-order valence-corrected chi connectivity index (χ1v) is 11.6. The number of benzene rings is 1. The number of rotatable bonds is 7. The zero-order valence-electron chi connectivity index (χ0n) is 16.8. The second-order valence-electron chi connectivity index (χ2n) is 8.51. The van der Waals surface area contributed by atoms with Gasteiger partial charge in [-0.15, -0.1) is 11.3 Å². The molecule has 30 heavy (non-hydrogen) atoms. The molecule has 1 aliphatic heterocycles. The van der Waals surface area contributed by atoms with Gasteiger partial charge in [-0.2, -0.15) is 0 Å². The maximum absolute atomic E-state index is 14.3. The highest BCUT2D eigenvalue weighted by Gasteiger charge is 2.53. The second kappa shape index (κ2) is 8.51. The van der Waals surface area contributed by atoms with Crippen LogP contribution >= 0.6 is 11.3 Å². The summed E-state index contributed by atoms with van der Waals surface area (Å²) in [6.07, 6.45) is 3.85. The zero-order valence-corrected chi connectivity index (χ0v) is 17.6. The first-order chi connectivity index (χ1) is 14.7. The molecule has 1 amide bonds. The van der Waals surface area contributed by atoms with E-state index in [9.17, 15) is 9.18 Å². The summed E-state index contributed by atoms with van der Waals surface area (Å²) >= 11 is 1.38. The Morgan fingerprint density at radius 2 is 2.07 bits per heavy atom. The summed E-state index contributed by atoms with van der Waals surface area (Å²) in [5.74, 6) is 1.99. The summed E-state index contributed by atoms with van der Waals surface area (Å²) in [4.78, 5) is 18.6. The molecule has 6 nitrogen and oxygen atoms in total. The van der Waals surface area contributed by atoms with Gasteiger partial charge >= 0.3 is 6.09 Å². The Morgan fingerprint density at radius 1 is 1.27 bits per heavy atom. The van der Waals surface area contributed by atoms with Gasteiger partial charge in [-0.05, 0) is 74.2 Å². The van der Waals surface area contributed by atoms with E-state index in [0.29, 0.717) is 36.7 Å². The van der Waals surface area contributed by atoms with Crippen LogP contribution in [0.1, 0.15) is 31.2 Å². The quantitative estimate of drug-likeness (QED) is 0.716. The van der Waals surface area contributed by atoms with Crippen molar-refractivity contribution in [1.82, 2.24) is 15.2 Å². The summed E-state index contributed by atoms with van der Waals surface area (Å²) in [7, 11) is 0. The monoisotopic (exact) mass is 431 g/mol. The fraction of sp³-hybridized carbons (Fsp3) is 0.545. The molecule has 160 valence electrons. The Kier molecular flexibility index (Phi) is 5.60. The smallest absolute Gasteiger partial charge is 0.416 e. The van der Waals surface area contributed by atoms with Crippen LogP contribution in [-0.4, -0.2) is 41.7 Å². The van der Waals surface area contributed by atoms with Crippen molar-refractivity contribution < 1.29 is 18.7 Å². The molecular weight excluding hydrogens is 405 g/mol. The van der Waals surface area contributed by atoms with E-state index in [0.717, 1.165) is 44.3 Å². The van der Waals surface area contributed by atoms with Gasteiger partial charge in [0, 0.05) is 13.1 Å². The normalized spacial score (nSPS) is 25.2. The van der Waals surface area contributed by atoms with Gasteiger partial charge in [-0.25, -0.2) is 14.2 Å². The Labute approximate surface area is 179 Å². The molecule has 2 saturated carbocycles. The second-order valence-corrected chi connectivity index (χ2v) is 9.23. The van der Waals surface area contributed by atoms with E-state index in [4.69, 9.17) is 9.47 Å². The SMILES string of the molecule is O=C(Oc1cscn1)N(Cc1ccc(F)c(OC2CCCC2)c1)CC1C2CNCC21. The number of piperidine rings is 1. The Hall–Kier alpha value is -2.19. The van der Waals surface area contributed by atoms with Crippen molar-refractivity contribution in [3.63, 3.8) is 0 Å². The number of fused-ring (bicyclic) bond motifs is 1. The number of thiazole rings is 1. The lowest BCUT2D eigenvalue weighted by Crippen LogP contribution is -2.36. The van der Waals surface area contributed by atoms with Crippen LogP contribution in [0.25, 0.3) is 0 Å². The van der Waals surface area contributed by atoms with Crippen molar-refractivity contribution >= 4 is 17.4 Å². The highest BCUT2D eigenvalue weighted by atomic mass is 32.1. The van der Waals surface area contributed by atoms with Crippen LogP contribution in [0.4, 0.5) is 9.18 Å². The van der Waals surface area contributed by atoms with E-state index >= 15 is 0 Å². The van der Waals surface area contributed by atoms with Crippen LogP contribution < -0.4 is 14.8 Å². The number of ether oxygens (including phenoxy) is 2. The van der Waals surface area contributed by atoms with E-state index < -0.39 is 6.09 Å². The molecule has 1 saturated heterocycles. The third-order valence-corrected chi connectivity index (χ3v) is 7.09. The molecule has 1 aromatic carbocycles. The molecule has 3 fully saturated rings. The number of hydrogen-bond donors (Lipinski definition) is 1. The third-order valence-electron chi connectivity index (χ3n) is 6.52. The number of hydrogen-bond acceptors (Lipinski definition) is 6. The van der Waals surface area contributed by atoms with Crippen LogP contribution in [0.15, 0.2) is 29.1 Å². The summed E-state index contributed by atoms with van der Waals surface area (Å²) in [5, 5.41) is 5.09. The van der Waals surface area contributed by atoms with Crippen molar-refractivity contribution in [1.29, 1.82) is 0 Å². The molecule has 0 bridgehead atoms. The van der Waals surface area contributed by atoms with Crippen LogP contribution in [-0.2, 0) is 6.54 Å². The van der Waals surface area contributed by atoms with E-state index in [1.54, 1.807) is 27.9 Å². The lowest BCUT2D eigenvalue weighted by atomic mass is 10.1. The van der Waals surface area contributed by atoms with Crippen molar-refractivity contribution in [2.45, 2.75) is 38.3 Å². The van der Waals surface area contributed by atoms with Crippen molar-refractivity contribution in [3.8, 4) is 11.6 Å². The Morgan fingerprint density at radius 3 is 2.80 bits per heavy atom. The molecule has 1 N–H and O–H groups in total. The molecule has 2 heterocycles. The summed E-state index contributed by atoms with van der Waals surface area (Å²) in [6.45, 7) is 3.02. The lowest BCUT2D eigenvalue weighted by Gasteiger charge is -2.23. The fourth-order valence-corrected chi connectivity index (χ4v) is 5.27. The Balaban J connectivity index is 1.30. The average Bonchev–Trinajstić information content (AvgIpc) is 3.30. The van der Waals surface area contributed by atoms with Crippen LogP contribution in [0.5, 0.6) is 11.6 Å². The highest BCUT2D eigenvalue weighted by Crippen LogP contribution is 2.49. The van der Waals surface area contributed by atoms with Crippen molar-refractivity contribution in [2.75, 3.05) is 19.6 Å². The van der Waals surface area contributed by atoms with Crippen LogP contribution in [0.2, 0.25) is 0 Å². The van der Waals surface area contributed by atoms with Gasteiger partial charge in [-0.1, -0.05) is 6.07 Å². The number of amides is 1. The van der Waals surface area contributed by atoms with Gasteiger partial charge in [0.2, 0.25) is 5.88 Å². The maximum Gasteiger partial charge on any atom is 0.416 e. The molecule has 2 aliphatic carbocycles. The van der Waals surface area contributed by atoms with Gasteiger partial charge in [0.15, 0.2) is 11.6 Å². The first kappa shape index (κ1) is 19.8. The molecule has 1 aromatic heterocycles. The van der Waals surface area contributed by atoms with Gasteiger partial charge < -0.3 is 19.7 Å². The van der Waals surface area contributed by atoms with Crippen molar-refractivity contribution in [2.24, 2.45) is 17.8 Å². The average molecular weight is 432 g/mol. The largest absolute Gasteiger partial charge is 0.487 e. The number of halogens is 1. The minimum atomic E-state index is -0.415. The zero-order chi connectivity index (χ0) is 20.5. The minimum absolute atomic E-state index is 0.0822. The predicted molar refractivity (Wildman–Crippen MR) is 111 cm³/mol. The maximum atomic E-state index is 14.3. The van der Waals surface area contributed by atoms with E-state index in [1.807, 2.05) is 0 Å². The molecule has 3 aliphatic rings. The molecule has 8 heteroatoms. The minimum Gasteiger partial charge on any atom is -0.487 e. The standard InChI is InChI=1S/C22H26FN3O3S/c23-19-6-5-14(7-20(19)28-15-3-1-2-4-15)10-26(11-18-16-8-24-9-17(16)18)22(27)29-21-12-30-13-25-21/h5-7,12-13,15-18,24H,1-4,8-11H2. The highest BCUT2D eigenvalue weighted by molar-refractivity contribution is 7.07. The van der Waals surface area contributed by atoms with E-state index in [-0.39, 0.29) is 17.7 Å². The molecular formula is C22H26FN3O3S. The van der Waals surface area contributed by atoms with Gasteiger partial charge in [0.1, 0.15) is 0 Å². The third kappa shape index (κ3) is 4.30. The molecule has 2 atom stereocenters. The molecule has 2 unspecified atom stereocenters. The first-order valence-electron chi connectivity index (χ1n) is 10.7. The molecule has 2 aromatic rings. The Bertz CT molecular complexity index is 878. The van der Waals surface area contributed by atoms with Crippen LogP contribution in [0.3, 0.4) is 0 Å². The predicted octanol–water partition coefficient (Wildman–Crippen LogP) is 4.07. The van der Waals surface area contributed by atoms with Gasteiger partial charge in [-0.3, -0.25) is 0 Å². The summed E-state index contributed by atoms with van der Waals surface area (Å²) in [6, 6.07) is 4.88. The molecule has 0 radical (unpaired) electrons. The van der Waals surface area contributed by atoms with Gasteiger partial charge in [0.05, 0.1) is 17.0 Å². The van der Waals surface area contributed by atoms with Gasteiger partial charge in [0.25, 0.3) is 0 Å².